The highest BCUT2D eigenvalue weighted by molar-refractivity contribution is 7.92. The number of halogens is 1. The van der Waals surface area contributed by atoms with Crippen molar-refractivity contribution in [3.63, 3.8) is 0 Å². The maximum Gasteiger partial charge on any atom is 0.181 e. The summed E-state index contributed by atoms with van der Waals surface area (Å²) < 4.78 is 39.4. The fourth-order valence-corrected chi connectivity index (χ4v) is 6.79. The Hall–Kier alpha value is -1.92. The zero-order valence-electron chi connectivity index (χ0n) is 16.0. The first-order valence-electron chi connectivity index (χ1n) is 9.84. The fourth-order valence-electron chi connectivity index (χ4n) is 4.87. The predicted molar refractivity (Wildman–Crippen MR) is 107 cm³/mol. The van der Waals surface area contributed by atoms with Crippen molar-refractivity contribution in [1.29, 1.82) is 0 Å². The van der Waals surface area contributed by atoms with Gasteiger partial charge in [0.1, 0.15) is 0 Å². The summed E-state index contributed by atoms with van der Waals surface area (Å²) in [4.78, 5) is 2.80. The second-order valence-electron chi connectivity index (χ2n) is 8.30. The van der Waals surface area contributed by atoms with Gasteiger partial charge < -0.3 is 10.0 Å². The number of hydrogen-bond acceptors (Lipinski definition) is 4. The van der Waals surface area contributed by atoms with Crippen LogP contribution in [0, 0.1) is 17.7 Å². The van der Waals surface area contributed by atoms with E-state index in [4.69, 9.17) is 0 Å². The van der Waals surface area contributed by atoms with E-state index in [1.807, 2.05) is 6.07 Å². The molecule has 0 bridgehead atoms. The Kier molecular flexibility index (Phi) is 5.19. The number of fused-ring (bicyclic) bond motifs is 1. The lowest BCUT2D eigenvalue weighted by atomic mass is 10.0. The van der Waals surface area contributed by atoms with E-state index in [1.54, 1.807) is 30.3 Å². The summed E-state index contributed by atoms with van der Waals surface area (Å²) in [5.74, 6) is 0.0613. The summed E-state index contributed by atoms with van der Waals surface area (Å²) in [5, 5.41) is 9.08. The van der Waals surface area contributed by atoms with Crippen LogP contribution in [0.25, 0.3) is 0 Å². The lowest BCUT2D eigenvalue weighted by Gasteiger charge is -2.23. The van der Waals surface area contributed by atoms with Crippen LogP contribution in [0.3, 0.4) is 0 Å². The number of sulfone groups is 1. The van der Waals surface area contributed by atoms with E-state index < -0.39 is 15.7 Å². The van der Waals surface area contributed by atoms with Crippen molar-refractivity contribution in [2.45, 2.75) is 35.8 Å². The van der Waals surface area contributed by atoms with E-state index in [-0.39, 0.29) is 16.9 Å². The van der Waals surface area contributed by atoms with Crippen molar-refractivity contribution in [2.24, 2.45) is 11.8 Å². The SMILES string of the molecule is CC(CN1CC2C[C@@H](S(=O)(=O)c3ccccc3)C[C@@H]2C1)c1ccc(O)c(F)c1. The molecule has 1 aliphatic carbocycles. The zero-order valence-corrected chi connectivity index (χ0v) is 16.8. The van der Waals surface area contributed by atoms with Crippen LogP contribution in [0.4, 0.5) is 4.39 Å². The van der Waals surface area contributed by atoms with E-state index >= 15 is 0 Å². The molecule has 150 valence electrons. The molecule has 1 aliphatic heterocycles. The summed E-state index contributed by atoms with van der Waals surface area (Å²) in [6, 6.07) is 13.3. The molecule has 0 spiro atoms. The smallest absolute Gasteiger partial charge is 0.181 e. The van der Waals surface area contributed by atoms with Gasteiger partial charge in [0, 0.05) is 19.6 Å². The molecule has 28 heavy (non-hydrogen) atoms. The van der Waals surface area contributed by atoms with Gasteiger partial charge in [0.2, 0.25) is 0 Å². The van der Waals surface area contributed by atoms with Crippen LogP contribution in [0.15, 0.2) is 53.4 Å². The van der Waals surface area contributed by atoms with Gasteiger partial charge in [-0.15, -0.1) is 0 Å². The lowest BCUT2D eigenvalue weighted by Crippen LogP contribution is -2.28. The van der Waals surface area contributed by atoms with Crippen LogP contribution in [0.5, 0.6) is 5.75 Å². The first kappa shape index (κ1) is 19.4. The van der Waals surface area contributed by atoms with Crippen molar-refractivity contribution in [3.05, 3.63) is 59.9 Å². The van der Waals surface area contributed by atoms with Crippen molar-refractivity contribution >= 4 is 9.84 Å². The lowest BCUT2D eigenvalue weighted by molar-refractivity contribution is 0.295. The molecule has 2 aromatic carbocycles. The molecule has 2 unspecified atom stereocenters. The summed E-state index contributed by atoms with van der Waals surface area (Å²) in [5.41, 5.74) is 0.872. The molecule has 2 aromatic rings. The molecular formula is C22H26FNO3S. The van der Waals surface area contributed by atoms with Crippen LogP contribution in [0.2, 0.25) is 0 Å². The Labute approximate surface area is 165 Å². The molecule has 4 rings (SSSR count). The van der Waals surface area contributed by atoms with Crippen LogP contribution in [-0.2, 0) is 9.84 Å². The number of aromatic hydroxyl groups is 1. The standard InChI is InChI=1S/C22H26FNO3S/c1-15(16-7-8-22(25)21(23)11-16)12-24-13-17-9-20(10-18(17)14-24)28(26,27)19-5-3-2-4-6-19/h2-8,11,15,17-18,20,25H,9-10,12-14H2,1H3/t15?,17-,18?,20+/m1/s1. The molecule has 4 atom stereocenters. The number of phenolic OH excluding ortho intramolecular Hbond substituents is 1. The molecule has 0 radical (unpaired) electrons. The Morgan fingerprint density at radius 2 is 1.75 bits per heavy atom. The first-order chi connectivity index (χ1) is 13.3. The van der Waals surface area contributed by atoms with Gasteiger partial charge in [-0.3, -0.25) is 0 Å². The van der Waals surface area contributed by atoms with Gasteiger partial charge >= 0.3 is 0 Å². The third kappa shape index (κ3) is 3.67. The topological polar surface area (TPSA) is 57.6 Å². The molecule has 1 N–H and O–H groups in total. The number of likely N-dealkylation sites (tertiary alicyclic amines) is 1. The van der Waals surface area contributed by atoms with Crippen molar-refractivity contribution in [1.82, 2.24) is 4.90 Å². The average Bonchev–Trinajstić information content (AvgIpc) is 3.23. The zero-order chi connectivity index (χ0) is 19.9. The highest BCUT2D eigenvalue weighted by Crippen LogP contribution is 2.43. The van der Waals surface area contributed by atoms with E-state index in [1.165, 1.54) is 12.1 Å². The molecule has 1 saturated carbocycles. The number of hydrogen-bond donors (Lipinski definition) is 1. The molecule has 0 aromatic heterocycles. The van der Waals surface area contributed by atoms with E-state index in [2.05, 4.69) is 11.8 Å². The molecule has 1 heterocycles. The maximum atomic E-state index is 13.6. The quantitative estimate of drug-likeness (QED) is 0.825. The van der Waals surface area contributed by atoms with E-state index in [0.717, 1.165) is 38.0 Å². The van der Waals surface area contributed by atoms with Gasteiger partial charge in [-0.1, -0.05) is 31.2 Å². The molecule has 6 heteroatoms. The Morgan fingerprint density at radius 3 is 2.36 bits per heavy atom. The molecule has 2 aliphatic rings. The largest absolute Gasteiger partial charge is 0.505 e. The minimum absolute atomic E-state index is 0.151. The molecule has 2 fully saturated rings. The average molecular weight is 404 g/mol. The first-order valence-corrected chi connectivity index (χ1v) is 11.4. The number of benzene rings is 2. The summed E-state index contributed by atoms with van der Waals surface area (Å²) in [7, 11) is -3.26. The van der Waals surface area contributed by atoms with Gasteiger partial charge in [0.25, 0.3) is 0 Å². The normalized spacial score (nSPS) is 26.3. The third-order valence-corrected chi connectivity index (χ3v) is 8.56. The predicted octanol–water partition coefficient (Wildman–Crippen LogP) is 3.82. The minimum Gasteiger partial charge on any atom is -0.505 e. The van der Waals surface area contributed by atoms with Crippen molar-refractivity contribution in [3.8, 4) is 5.75 Å². The second kappa shape index (κ2) is 7.48. The Balaban J connectivity index is 1.37. The number of phenols is 1. The Morgan fingerprint density at radius 1 is 1.11 bits per heavy atom. The maximum absolute atomic E-state index is 13.6. The van der Waals surface area contributed by atoms with E-state index in [9.17, 15) is 17.9 Å². The second-order valence-corrected chi connectivity index (χ2v) is 10.5. The van der Waals surface area contributed by atoms with E-state index in [0.29, 0.717) is 16.7 Å². The third-order valence-electron chi connectivity index (χ3n) is 6.37. The van der Waals surface area contributed by atoms with Gasteiger partial charge in [0.05, 0.1) is 10.1 Å². The highest BCUT2D eigenvalue weighted by atomic mass is 32.2. The fraction of sp³-hybridized carbons (Fsp3) is 0.455. The van der Waals surface area contributed by atoms with Gasteiger partial charge in [-0.05, 0) is 60.4 Å². The van der Waals surface area contributed by atoms with Crippen molar-refractivity contribution < 1.29 is 17.9 Å². The highest BCUT2D eigenvalue weighted by Gasteiger charge is 2.45. The molecule has 0 amide bonds. The molecule has 1 saturated heterocycles. The summed E-state index contributed by atoms with van der Waals surface area (Å²) >= 11 is 0. The number of nitrogens with zero attached hydrogens (tertiary/aromatic N) is 1. The van der Waals surface area contributed by atoms with Crippen LogP contribution >= 0.6 is 0 Å². The molecular weight excluding hydrogens is 377 g/mol. The van der Waals surface area contributed by atoms with Gasteiger partial charge in [0.15, 0.2) is 21.4 Å². The van der Waals surface area contributed by atoms with Crippen LogP contribution < -0.4 is 0 Å². The summed E-state index contributed by atoms with van der Waals surface area (Å²) in [6.07, 6.45) is 1.45. The van der Waals surface area contributed by atoms with Crippen LogP contribution in [-0.4, -0.2) is 43.3 Å². The monoisotopic (exact) mass is 403 g/mol. The number of rotatable bonds is 5. The van der Waals surface area contributed by atoms with Gasteiger partial charge in [-0.2, -0.15) is 0 Å². The van der Waals surface area contributed by atoms with Crippen molar-refractivity contribution in [2.75, 3.05) is 19.6 Å². The molecule has 4 nitrogen and oxygen atoms in total. The van der Waals surface area contributed by atoms with Crippen LogP contribution in [0.1, 0.15) is 31.2 Å². The Bertz CT molecular complexity index is 934. The summed E-state index contributed by atoms with van der Waals surface area (Å²) in [6.45, 7) is 4.67. The van der Waals surface area contributed by atoms with Gasteiger partial charge in [-0.25, -0.2) is 12.8 Å². The minimum atomic E-state index is -3.26.